The van der Waals surface area contributed by atoms with Crippen LogP contribution in [0.4, 0.5) is 11.6 Å². The maximum Gasteiger partial charge on any atom is 0.277 e. The first-order chi connectivity index (χ1) is 11.2. The zero-order valence-electron chi connectivity index (χ0n) is 12.6. The molecule has 1 saturated heterocycles. The van der Waals surface area contributed by atoms with Crippen LogP contribution in [0.3, 0.4) is 0 Å². The molecule has 0 aliphatic carbocycles. The molecule has 3 rings (SSSR count). The number of morpholine rings is 1. The van der Waals surface area contributed by atoms with Gasteiger partial charge in [0.2, 0.25) is 0 Å². The highest BCUT2D eigenvalue weighted by atomic mass is 16.5. The number of rotatable bonds is 4. The zero-order valence-corrected chi connectivity index (χ0v) is 12.6. The van der Waals surface area contributed by atoms with Crippen molar-refractivity contribution in [2.45, 2.75) is 6.54 Å². The molecule has 8 nitrogen and oxygen atoms in total. The standard InChI is InChI=1S/C15H18N6O2/c16-13-9-17-12(8-18-13)15(22)20-14-2-1-11(7-19-14)10-21-3-5-23-6-4-21/h1-2,7-9H,3-6,10H2,(H2,16,18)(H,19,20,22). The molecule has 0 atom stereocenters. The molecule has 2 aromatic heterocycles. The second-order valence-corrected chi connectivity index (χ2v) is 5.22. The van der Waals surface area contributed by atoms with Crippen molar-refractivity contribution in [3.8, 4) is 0 Å². The van der Waals surface area contributed by atoms with E-state index in [-0.39, 0.29) is 17.4 Å². The van der Waals surface area contributed by atoms with Crippen molar-refractivity contribution in [1.29, 1.82) is 0 Å². The summed E-state index contributed by atoms with van der Waals surface area (Å²) in [7, 11) is 0. The Balaban J connectivity index is 1.58. The van der Waals surface area contributed by atoms with E-state index in [0.29, 0.717) is 5.82 Å². The van der Waals surface area contributed by atoms with E-state index in [0.717, 1.165) is 38.4 Å². The molecule has 0 saturated carbocycles. The topological polar surface area (TPSA) is 106 Å². The Morgan fingerprint density at radius 3 is 2.65 bits per heavy atom. The number of aromatic nitrogens is 3. The molecular formula is C15H18N6O2. The molecular weight excluding hydrogens is 296 g/mol. The van der Waals surface area contributed by atoms with Gasteiger partial charge in [0.1, 0.15) is 17.3 Å². The van der Waals surface area contributed by atoms with E-state index in [1.54, 1.807) is 12.3 Å². The fraction of sp³-hybridized carbons (Fsp3) is 0.333. The van der Waals surface area contributed by atoms with E-state index in [2.05, 4.69) is 25.2 Å². The Kier molecular flexibility index (Phi) is 4.74. The molecule has 23 heavy (non-hydrogen) atoms. The van der Waals surface area contributed by atoms with Crippen molar-refractivity contribution in [1.82, 2.24) is 19.9 Å². The molecule has 1 aliphatic rings. The number of carbonyl (C=O) groups is 1. The van der Waals surface area contributed by atoms with Crippen molar-refractivity contribution in [2.75, 3.05) is 37.4 Å². The van der Waals surface area contributed by atoms with Gasteiger partial charge in [-0.3, -0.25) is 9.69 Å². The van der Waals surface area contributed by atoms with Crippen molar-refractivity contribution < 1.29 is 9.53 Å². The summed E-state index contributed by atoms with van der Waals surface area (Å²) in [4.78, 5) is 26.3. The van der Waals surface area contributed by atoms with Gasteiger partial charge < -0.3 is 15.8 Å². The van der Waals surface area contributed by atoms with Crippen molar-refractivity contribution in [3.63, 3.8) is 0 Å². The molecule has 1 amide bonds. The lowest BCUT2D eigenvalue weighted by atomic mass is 10.2. The number of nitrogens with two attached hydrogens (primary N) is 1. The molecule has 3 N–H and O–H groups in total. The molecule has 2 aromatic rings. The van der Waals surface area contributed by atoms with E-state index < -0.39 is 0 Å². The van der Waals surface area contributed by atoms with Crippen LogP contribution < -0.4 is 11.1 Å². The summed E-state index contributed by atoms with van der Waals surface area (Å²) in [6.45, 7) is 4.21. The minimum atomic E-state index is -0.370. The molecule has 0 bridgehead atoms. The number of ether oxygens (including phenoxy) is 1. The highest BCUT2D eigenvalue weighted by Crippen LogP contribution is 2.10. The fourth-order valence-corrected chi connectivity index (χ4v) is 2.25. The predicted molar refractivity (Wildman–Crippen MR) is 84.7 cm³/mol. The first-order valence-electron chi connectivity index (χ1n) is 7.34. The number of anilines is 2. The average molecular weight is 314 g/mol. The third-order valence-corrected chi connectivity index (χ3v) is 3.48. The van der Waals surface area contributed by atoms with Crippen LogP contribution in [0.1, 0.15) is 16.1 Å². The Bertz CT molecular complexity index is 653. The minimum Gasteiger partial charge on any atom is -0.382 e. The quantitative estimate of drug-likeness (QED) is 0.848. The summed E-state index contributed by atoms with van der Waals surface area (Å²) < 4.78 is 5.33. The smallest absolute Gasteiger partial charge is 0.277 e. The summed E-state index contributed by atoms with van der Waals surface area (Å²) in [5.74, 6) is 0.373. The number of nitrogens with one attached hydrogen (secondary N) is 1. The Morgan fingerprint density at radius 1 is 1.17 bits per heavy atom. The lowest BCUT2D eigenvalue weighted by Gasteiger charge is -2.26. The first kappa shape index (κ1) is 15.3. The van der Waals surface area contributed by atoms with E-state index >= 15 is 0 Å². The molecule has 0 aromatic carbocycles. The highest BCUT2D eigenvalue weighted by molar-refractivity contribution is 6.02. The second-order valence-electron chi connectivity index (χ2n) is 5.22. The largest absolute Gasteiger partial charge is 0.382 e. The van der Waals surface area contributed by atoms with Crippen LogP contribution >= 0.6 is 0 Å². The van der Waals surface area contributed by atoms with Gasteiger partial charge in [-0.2, -0.15) is 0 Å². The Labute approximate surface area is 133 Å². The minimum absolute atomic E-state index is 0.193. The van der Waals surface area contributed by atoms with E-state index in [1.807, 2.05) is 6.07 Å². The summed E-state index contributed by atoms with van der Waals surface area (Å²) in [6.07, 6.45) is 4.44. The van der Waals surface area contributed by atoms with Crippen LogP contribution in [-0.4, -0.2) is 52.1 Å². The third-order valence-electron chi connectivity index (χ3n) is 3.48. The summed E-state index contributed by atoms with van der Waals surface area (Å²) in [6, 6.07) is 3.73. The van der Waals surface area contributed by atoms with Gasteiger partial charge in [-0.15, -0.1) is 0 Å². The predicted octanol–water partition coefficient (Wildman–Crippen LogP) is 0.538. The molecule has 120 valence electrons. The van der Waals surface area contributed by atoms with Crippen molar-refractivity contribution in [3.05, 3.63) is 42.0 Å². The Hall–Kier alpha value is -2.58. The molecule has 8 heteroatoms. The molecule has 0 radical (unpaired) electrons. The van der Waals surface area contributed by atoms with Crippen LogP contribution in [0.15, 0.2) is 30.7 Å². The number of amides is 1. The summed E-state index contributed by atoms with van der Waals surface area (Å²) in [5.41, 5.74) is 6.73. The van der Waals surface area contributed by atoms with Crippen LogP contribution in [-0.2, 0) is 11.3 Å². The van der Waals surface area contributed by atoms with Crippen molar-refractivity contribution >= 4 is 17.5 Å². The monoisotopic (exact) mass is 314 g/mol. The van der Waals surface area contributed by atoms with Gasteiger partial charge in [0.25, 0.3) is 5.91 Å². The lowest BCUT2D eigenvalue weighted by molar-refractivity contribution is 0.0341. The highest BCUT2D eigenvalue weighted by Gasteiger charge is 2.12. The number of nitrogens with zero attached hydrogens (tertiary/aromatic N) is 4. The number of nitrogen functional groups attached to an aromatic ring is 1. The van der Waals surface area contributed by atoms with Gasteiger partial charge in [-0.05, 0) is 11.6 Å². The molecule has 3 heterocycles. The molecule has 0 unspecified atom stereocenters. The van der Waals surface area contributed by atoms with Crippen LogP contribution in [0.2, 0.25) is 0 Å². The summed E-state index contributed by atoms with van der Waals surface area (Å²) in [5, 5.41) is 2.68. The van der Waals surface area contributed by atoms with Gasteiger partial charge in [0.15, 0.2) is 0 Å². The maximum atomic E-state index is 12.0. The molecule has 0 spiro atoms. The van der Waals surface area contributed by atoms with Crippen LogP contribution in [0.25, 0.3) is 0 Å². The lowest BCUT2D eigenvalue weighted by Crippen LogP contribution is -2.35. The molecule has 1 fully saturated rings. The third kappa shape index (κ3) is 4.21. The number of pyridine rings is 1. The van der Waals surface area contributed by atoms with Crippen molar-refractivity contribution in [2.24, 2.45) is 0 Å². The SMILES string of the molecule is Nc1cnc(C(=O)Nc2ccc(CN3CCOCC3)cn2)cn1. The second kappa shape index (κ2) is 7.12. The zero-order chi connectivity index (χ0) is 16.1. The number of carbonyl (C=O) groups excluding carboxylic acids is 1. The van der Waals surface area contributed by atoms with E-state index in [9.17, 15) is 4.79 Å². The van der Waals surface area contributed by atoms with E-state index in [1.165, 1.54) is 12.4 Å². The molecule has 1 aliphatic heterocycles. The van der Waals surface area contributed by atoms with E-state index in [4.69, 9.17) is 10.5 Å². The van der Waals surface area contributed by atoms with Gasteiger partial charge in [-0.1, -0.05) is 6.07 Å². The number of hydrogen-bond acceptors (Lipinski definition) is 7. The van der Waals surface area contributed by atoms with Crippen LogP contribution in [0, 0.1) is 0 Å². The van der Waals surface area contributed by atoms with Gasteiger partial charge in [0, 0.05) is 25.8 Å². The average Bonchev–Trinajstić information content (AvgIpc) is 2.58. The normalized spacial score (nSPS) is 15.3. The number of hydrogen-bond donors (Lipinski definition) is 2. The Morgan fingerprint density at radius 2 is 2.00 bits per heavy atom. The first-order valence-corrected chi connectivity index (χ1v) is 7.34. The van der Waals surface area contributed by atoms with Gasteiger partial charge in [0.05, 0.1) is 25.6 Å². The maximum absolute atomic E-state index is 12.0. The van der Waals surface area contributed by atoms with Gasteiger partial charge in [-0.25, -0.2) is 15.0 Å². The summed E-state index contributed by atoms with van der Waals surface area (Å²) >= 11 is 0. The van der Waals surface area contributed by atoms with Crippen LogP contribution in [0.5, 0.6) is 0 Å². The van der Waals surface area contributed by atoms with Gasteiger partial charge >= 0.3 is 0 Å². The fourth-order valence-electron chi connectivity index (χ4n) is 2.25.